The highest BCUT2D eigenvalue weighted by molar-refractivity contribution is 6.04. The zero-order valence-corrected chi connectivity index (χ0v) is 20.4. The molecule has 0 spiro atoms. The minimum atomic E-state index is -0.195. The molecule has 188 valence electrons. The molecule has 0 saturated carbocycles. The van der Waals surface area contributed by atoms with Crippen LogP contribution in [0.3, 0.4) is 0 Å². The van der Waals surface area contributed by atoms with Crippen molar-refractivity contribution in [3.05, 3.63) is 65.8 Å². The van der Waals surface area contributed by atoms with Gasteiger partial charge in [0, 0.05) is 37.0 Å². The van der Waals surface area contributed by atoms with Crippen molar-refractivity contribution in [2.75, 3.05) is 52.9 Å². The molecule has 1 fully saturated rings. The van der Waals surface area contributed by atoms with Gasteiger partial charge in [-0.1, -0.05) is 17.3 Å². The van der Waals surface area contributed by atoms with Crippen LogP contribution in [0.15, 0.2) is 59.0 Å². The summed E-state index contributed by atoms with van der Waals surface area (Å²) in [6.45, 7) is 2.89. The molecule has 0 unspecified atom stereocenters. The van der Waals surface area contributed by atoms with Gasteiger partial charge in [0.1, 0.15) is 17.3 Å². The van der Waals surface area contributed by atoms with Gasteiger partial charge >= 0.3 is 0 Å². The van der Waals surface area contributed by atoms with Crippen molar-refractivity contribution < 1.29 is 28.3 Å². The summed E-state index contributed by atoms with van der Waals surface area (Å²) in [5.41, 5.74) is 2.55. The Morgan fingerprint density at radius 2 is 1.69 bits per heavy atom. The largest absolute Gasteiger partial charge is 0.496 e. The minimum Gasteiger partial charge on any atom is -0.496 e. The second kappa shape index (κ2) is 10.2. The highest BCUT2D eigenvalue weighted by Crippen LogP contribution is 2.38. The Morgan fingerprint density at radius 3 is 2.44 bits per heavy atom. The van der Waals surface area contributed by atoms with Crippen molar-refractivity contribution in [2.45, 2.75) is 6.54 Å². The molecule has 1 N–H and O–H groups in total. The number of nitrogens with zero attached hydrogens (tertiary/aromatic N) is 3. The fourth-order valence-electron chi connectivity index (χ4n) is 4.28. The third-order valence-electron chi connectivity index (χ3n) is 6.16. The normalized spacial score (nSPS) is 16.5. The highest BCUT2D eigenvalue weighted by Gasteiger charge is 2.32. The SMILES string of the molecule is COc1cc2c(cc1OC)C(=O)N(Cc1cc(-c3ccccc3OC)no1)C(=CN1CCOCC1)N2. The smallest absolute Gasteiger partial charge is 0.262 e. The Balaban J connectivity index is 1.50. The second-order valence-electron chi connectivity index (χ2n) is 8.31. The average Bonchev–Trinajstić information content (AvgIpc) is 3.39. The van der Waals surface area contributed by atoms with Crippen LogP contribution in [0.25, 0.3) is 11.3 Å². The topological polar surface area (TPSA) is 98.5 Å². The number of nitrogens with one attached hydrogen (secondary N) is 1. The van der Waals surface area contributed by atoms with Crippen LogP contribution in [-0.4, -0.2) is 68.5 Å². The van der Waals surface area contributed by atoms with E-state index in [-0.39, 0.29) is 12.5 Å². The lowest BCUT2D eigenvalue weighted by molar-refractivity contribution is 0.0573. The van der Waals surface area contributed by atoms with Crippen LogP contribution in [0.5, 0.6) is 17.2 Å². The lowest BCUT2D eigenvalue weighted by Crippen LogP contribution is -2.40. The number of hydrogen-bond donors (Lipinski definition) is 1. The van der Waals surface area contributed by atoms with E-state index in [1.165, 1.54) is 0 Å². The standard InChI is InChI=1S/C26H28N4O6/c1-32-22-7-5-4-6-18(22)21-12-17(36-28-21)15-30-25(16-29-8-10-35-11-9-29)27-20-14-24(34-3)23(33-2)13-19(20)26(30)31/h4-7,12-14,16,27H,8-11,15H2,1-3H3. The van der Waals surface area contributed by atoms with Crippen LogP contribution in [0, 0.1) is 0 Å². The average molecular weight is 493 g/mol. The Bertz CT molecular complexity index is 1280. The lowest BCUT2D eigenvalue weighted by Gasteiger charge is -2.34. The van der Waals surface area contributed by atoms with Crippen molar-refractivity contribution in [1.82, 2.24) is 15.0 Å². The van der Waals surface area contributed by atoms with E-state index in [0.29, 0.717) is 59.0 Å². The molecular formula is C26H28N4O6. The molecule has 0 atom stereocenters. The van der Waals surface area contributed by atoms with Gasteiger partial charge in [-0.05, 0) is 18.2 Å². The van der Waals surface area contributed by atoms with E-state index < -0.39 is 0 Å². The second-order valence-corrected chi connectivity index (χ2v) is 8.31. The molecule has 1 saturated heterocycles. The molecule has 10 heteroatoms. The maximum atomic E-state index is 13.7. The zero-order valence-electron chi connectivity index (χ0n) is 20.4. The van der Waals surface area contributed by atoms with E-state index in [9.17, 15) is 4.79 Å². The van der Waals surface area contributed by atoms with E-state index in [1.807, 2.05) is 36.5 Å². The van der Waals surface area contributed by atoms with E-state index in [1.54, 1.807) is 38.4 Å². The summed E-state index contributed by atoms with van der Waals surface area (Å²) in [4.78, 5) is 17.5. The first-order chi connectivity index (χ1) is 17.6. The van der Waals surface area contributed by atoms with E-state index >= 15 is 0 Å². The molecule has 10 nitrogen and oxygen atoms in total. The predicted molar refractivity (Wildman–Crippen MR) is 132 cm³/mol. The number of rotatable bonds is 7. The number of aromatic nitrogens is 1. The highest BCUT2D eigenvalue weighted by atomic mass is 16.5. The molecule has 3 aromatic rings. The van der Waals surface area contributed by atoms with Gasteiger partial charge in [-0.15, -0.1) is 0 Å². The van der Waals surface area contributed by atoms with Crippen molar-refractivity contribution >= 4 is 11.6 Å². The van der Waals surface area contributed by atoms with Crippen LogP contribution < -0.4 is 19.5 Å². The molecule has 0 radical (unpaired) electrons. The van der Waals surface area contributed by atoms with Gasteiger partial charge in [-0.3, -0.25) is 9.69 Å². The fourth-order valence-corrected chi connectivity index (χ4v) is 4.28. The van der Waals surface area contributed by atoms with Crippen molar-refractivity contribution in [2.24, 2.45) is 0 Å². The third-order valence-corrected chi connectivity index (χ3v) is 6.16. The number of benzene rings is 2. The molecule has 1 amide bonds. The van der Waals surface area contributed by atoms with Crippen LogP contribution in [-0.2, 0) is 11.3 Å². The Kier molecular flexibility index (Phi) is 6.68. The molecule has 36 heavy (non-hydrogen) atoms. The van der Waals surface area contributed by atoms with Gasteiger partial charge < -0.3 is 33.7 Å². The van der Waals surface area contributed by atoms with Gasteiger partial charge in [-0.25, -0.2) is 0 Å². The number of carbonyl (C=O) groups is 1. The quantitative estimate of drug-likeness (QED) is 0.531. The number of methoxy groups -OCH3 is 3. The summed E-state index contributed by atoms with van der Waals surface area (Å²) >= 11 is 0. The number of morpholine rings is 1. The van der Waals surface area contributed by atoms with Crippen LogP contribution >= 0.6 is 0 Å². The lowest BCUT2D eigenvalue weighted by atomic mass is 10.1. The first-order valence-corrected chi connectivity index (χ1v) is 11.6. The molecule has 2 aromatic carbocycles. The number of amides is 1. The van der Waals surface area contributed by atoms with Gasteiger partial charge in [0.2, 0.25) is 0 Å². The van der Waals surface area contributed by atoms with Crippen molar-refractivity contribution in [1.29, 1.82) is 0 Å². The van der Waals surface area contributed by atoms with Crippen LogP contribution in [0.1, 0.15) is 16.1 Å². The number of hydrogen-bond acceptors (Lipinski definition) is 9. The van der Waals surface area contributed by atoms with Gasteiger partial charge in [-0.2, -0.15) is 0 Å². The summed E-state index contributed by atoms with van der Waals surface area (Å²) in [6, 6.07) is 12.9. The molecular weight excluding hydrogens is 464 g/mol. The number of ether oxygens (including phenoxy) is 4. The van der Waals surface area contributed by atoms with Crippen molar-refractivity contribution in [3.8, 4) is 28.5 Å². The monoisotopic (exact) mass is 492 g/mol. The van der Waals surface area contributed by atoms with Crippen molar-refractivity contribution in [3.63, 3.8) is 0 Å². The van der Waals surface area contributed by atoms with Crippen LogP contribution in [0.4, 0.5) is 5.69 Å². The number of carbonyl (C=O) groups excluding carboxylic acids is 1. The van der Waals surface area contributed by atoms with Gasteiger partial charge in [0.05, 0.1) is 52.3 Å². The Labute approximate surface area is 209 Å². The minimum absolute atomic E-state index is 0.179. The van der Waals surface area contributed by atoms with Gasteiger partial charge in [0.15, 0.2) is 17.3 Å². The first kappa shape index (κ1) is 23.6. The Morgan fingerprint density at radius 1 is 0.972 bits per heavy atom. The van der Waals surface area contributed by atoms with Crippen LogP contribution in [0.2, 0.25) is 0 Å². The predicted octanol–water partition coefficient (Wildman–Crippen LogP) is 3.57. The summed E-state index contributed by atoms with van der Waals surface area (Å²) in [5, 5.41) is 7.62. The fraction of sp³-hybridized carbons (Fsp3) is 0.308. The van der Waals surface area contributed by atoms with E-state index in [2.05, 4.69) is 15.4 Å². The summed E-state index contributed by atoms with van der Waals surface area (Å²) in [5.74, 6) is 2.66. The number of anilines is 1. The maximum absolute atomic E-state index is 13.7. The third kappa shape index (κ3) is 4.55. The zero-order chi connectivity index (χ0) is 25.1. The first-order valence-electron chi connectivity index (χ1n) is 11.6. The molecule has 2 aliphatic heterocycles. The maximum Gasteiger partial charge on any atom is 0.262 e. The number of fused-ring (bicyclic) bond motifs is 1. The molecule has 1 aromatic heterocycles. The molecule has 2 aliphatic rings. The molecule has 0 aliphatic carbocycles. The molecule has 0 bridgehead atoms. The summed E-state index contributed by atoms with van der Waals surface area (Å²) in [6.07, 6.45) is 1.94. The van der Waals surface area contributed by atoms with Gasteiger partial charge in [0.25, 0.3) is 5.91 Å². The van der Waals surface area contributed by atoms with E-state index in [0.717, 1.165) is 18.7 Å². The number of para-hydroxylation sites is 1. The summed E-state index contributed by atoms with van der Waals surface area (Å²) in [7, 11) is 4.72. The van der Waals surface area contributed by atoms with E-state index in [4.69, 9.17) is 23.5 Å². The summed E-state index contributed by atoms with van der Waals surface area (Å²) < 4.78 is 27.4. The Hall–Kier alpha value is -4.18. The molecule has 3 heterocycles. The molecule has 5 rings (SSSR count).